The van der Waals surface area contributed by atoms with Gasteiger partial charge in [0.2, 0.25) is 5.91 Å². The Labute approximate surface area is 99.4 Å². The van der Waals surface area contributed by atoms with E-state index in [0.717, 1.165) is 0 Å². The van der Waals surface area contributed by atoms with Crippen LogP contribution in [-0.4, -0.2) is 59.6 Å². The summed E-state index contributed by atoms with van der Waals surface area (Å²) in [6.45, 7) is 0.511. The van der Waals surface area contributed by atoms with Crippen LogP contribution in [0.5, 0.6) is 0 Å². The maximum absolute atomic E-state index is 11.4. The molecule has 0 aromatic rings. The number of nitrogens with zero attached hydrogens (tertiary/aromatic N) is 1. The molecule has 0 radical (unpaired) electrons. The highest BCUT2D eigenvalue weighted by Gasteiger charge is 2.20. The molecule has 0 spiro atoms. The normalized spacial score (nSPS) is 12.2. The van der Waals surface area contributed by atoms with Crippen molar-refractivity contribution in [1.82, 2.24) is 10.2 Å². The Kier molecular flexibility index (Phi) is 6.88. The number of carboxylic acid groups (broad SMARTS) is 2. The third-order valence-corrected chi connectivity index (χ3v) is 2.07. The first-order valence-electron chi connectivity index (χ1n) is 5.21. The zero-order valence-electron chi connectivity index (χ0n) is 9.97. The van der Waals surface area contributed by atoms with Crippen LogP contribution in [0.2, 0.25) is 0 Å². The molecule has 0 fully saturated rings. The van der Waals surface area contributed by atoms with Gasteiger partial charge in [0.1, 0.15) is 6.04 Å². The van der Waals surface area contributed by atoms with Gasteiger partial charge in [-0.3, -0.25) is 9.59 Å². The monoisotopic (exact) mass is 246 g/mol. The number of carboxylic acids is 2. The second-order valence-corrected chi connectivity index (χ2v) is 3.94. The van der Waals surface area contributed by atoms with Crippen molar-refractivity contribution >= 4 is 17.8 Å². The van der Waals surface area contributed by atoms with Crippen molar-refractivity contribution < 1.29 is 24.6 Å². The van der Waals surface area contributed by atoms with E-state index >= 15 is 0 Å². The molecule has 0 aromatic carbocycles. The summed E-state index contributed by atoms with van der Waals surface area (Å²) >= 11 is 0. The Morgan fingerprint density at radius 3 is 2.18 bits per heavy atom. The zero-order chi connectivity index (χ0) is 13.4. The van der Waals surface area contributed by atoms with E-state index < -0.39 is 23.9 Å². The van der Waals surface area contributed by atoms with Crippen molar-refractivity contribution in [2.75, 3.05) is 20.6 Å². The molecule has 0 saturated heterocycles. The number of amides is 1. The van der Waals surface area contributed by atoms with Crippen LogP contribution in [0.1, 0.15) is 19.3 Å². The van der Waals surface area contributed by atoms with E-state index in [2.05, 4.69) is 5.32 Å². The summed E-state index contributed by atoms with van der Waals surface area (Å²) in [5.41, 5.74) is 0. The fourth-order valence-corrected chi connectivity index (χ4v) is 1.12. The van der Waals surface area contributed by atoms with Gasteiger partial charge < -0.3 is 20.4 Å². The summed E-state index contributed by atoms with van der Waals surface area (Å²) < 4.78 is 0. The van der Waals surface area contributed by atoms with Crippen LogP contribution in [0.15, 0.2) is 0 Å². The predicted octanol–water partition coefficient (Wildman–Crippen LogP) is -0.628. The van der Waals surface area contributed by atoms with Gasteiger partial charge in [-0.25, -0.2) is 4.79 Å². The van der Waals surface area contributed by atoms with Gasteiger partial charge in [-0.2, -0.15) is 0 Å². The molecule has 0 aromatic heterocycles. The average molecular weight is 246 g/mol. The fraction of sp³-hybridized carbons (Fsp3) is 0.700. The number of hydrogen-bond donors (Lipinski definition) is 3. The van der Waals surface area contributed by atoms with Crippen LogP contribution in [-0.2, 0) is 14.4 Å². The fourth-order valence-electron chi connectivity index (χ4n) is 1.12. The van der Waals surface area contributed by atoms with Gasteiger partial charge in [0.15, 0.2) is 0 Å². The number of carbonyl (C=O) groups is 3. The molecule has 0 saturated carbocycles. The molecule has 0 rings (SSSR count). The maximum atomic E-state index is 11.4. The first kappa shape index (κ1) is 15.4. The average Bonchev–Trinajstić information content (AvgIpc) is 2.20. The Bertz CT molecular complexity index is 290. The molecule has 7 heteroatoms. The molecule has 7 nitrogen and oxygen atoms in total. The van der Waals surface area contributed by atoms with Gasteiger partial charge in [-0.05, 0) is 20.5 Å². The topological polar surface area (TPSA) is 107 Å². The Morgan fingerprint density at radius 2 is 1.76 bits per heavy atom. The first-order chi connectivity index (χ1) is 7.82. The minimum absolute atomic E-state index is 0.113. The van der Waals surface area contributed by atoms with Crippen molar-refractivity contribution in [3.05, 3.63) is 0 Å². The number of carbonyl (C=O) groups excluding carboxylic acids is 1. The molecule has 0 heterocycles. The van der Waals surface area contributed by atoms with Gasteiger partial charge >= 0.3 is 11.9 Å². The summed E-state index contributed by atoms with van der Waals surface area (Å²) in [5.74, 6) is -2.69. The predicted molar refractivity (Wildman–Crippen MR) is 59.6 cm³/mol. The van der Waals surface area contributed by atoms with Crippen molar-refractivity contribution in [3.8, 4) is 0 Å². The van der Waals surface area contributed by atoms with Crippen LogP contribution < -0.4 is 5.32 Å². The van der Waals surface area contributed by atoms with E-state index in [1.165, 1.54) is 0 Å². The second kappa shape index (κ2) is 7.61. The molecule has 17 heavy (non-hydrogen) atoms. The highest BCUT2D eigenvalue weighted by Crippen LogP contribution is 1.99. The molecular formula is C10H18N2O5. The number of nitrogens with one attached hydrogen (secondary N) is 1. The van der Waals surface area contributed by atoms with E-state index in [0.29, 0.717) is 6.54 Å². The van der Waals surface area contributed by atoms with Crippen LogP contribution in [0.4, 0.5) is 0 Å². The van der Waals surface area contributed by atoms with Gasteiger partial charge in [0.25, 0.3) is 0 Å². The summed E-state index contributed by atoms with van der Waals surface area (Å²) in [4.78, 5) is 34.2. The smallest absolute Gasteiger partial charge is 0.326 e. The van der Waals surface area contributed by atoms with Crippen molar-refractivity contribution in [1.29, 1.82) is 0 Å². The molecule has 1 unspecified atom stereocenters. The maximum Gasteiger partial charge on any atom is 0.326 e. The van der Waals surface area contributed by atoms with Gasteiger partial charge in [-0.1, -0.05) is 0 Å². The quantitative estimate of drug-likeness (QED) is 0.526. The summed E-state index contributed by atoms with van der Waals surface area (Å²) in [7, 11) is 3.60. The standard InChI is InChI=1S/C10H18N2O5/c1-12(2)6-5-8(13)11-7(10(16)17)3-4-9(14)15/h7H,3-6H2,1-2H3,(H,11,13)(H,14,15)(H,16,17). The first-order valence-corrected chi connectivity index (χ1v) is 5.21. The minimum atomic E-state index is -1.22. The highest BCUT2D eigenvalue weighted by molar-refractivity contribution is 5.84. The number of rotatable bonds is 8. The Morgan fingerprint density at radius 1 is 1.18 bits per heavy atom. The molecule has 98 valence electrons. The molecule has 0 bridgehead atoms. The van der Waals surface area contributed by atoms with Crippen LogP contribution in [0, 0.1) is 0 Å². The van der Waals surface area contributed by atoms with Gasteiger partial charge in [0, 0.05) is 19.4 Å². The Hall–Kier alpha value is -1.63. The van der Waals surface area contributed by atoms with Gasteiger partial charge in [0.05, 0.1) is 0 Å². The SMILES string of the molecule is CN(C)CCC(=O)NC(CCC(=O)O)C(=O)O. The van der Waals surface area contributed by atoms with Crippen molar-refractivity contribution in [3.63, 3.8) is 0 Å². The van der Waals surface area contributed by atoms with Gasteiger partial charge in [-0.15, -0.1) is 0 Å². The summed E-state index contributed by atoms with van der Waals surface area (Å²) in [5, 5.41) is 19.5. The zero-order valence-corrected chi connectivity index (χ0v) is 9.97. The molecule has 3 N–H and O–H groups in total. The number of aliphatic carboxylic acids is 2. The number of hydrogen-bond acceptors (Lipinski definition) is 4. The lowest BCUT2D eigenvalue weighted by atomic mass is 10.1. The molecular weight excluding hydrogens is 228 g/mol. The summed E-state index contributed by atoms with van der Waals surface area (Å²) in [6, 6.07) is -1.14. The Balaban J connectivity index is 4.11. The van der Waals surface area contributed by atoms with Crippen LogP contribution >= 0.6 is 0 Å². The lowest BCUT2D eigenvalue weighted by molar-refractivity contribution is -0.143. The molecule has 0 aliphatic carbocycles. The molecule has 1 atom stereocenters. The largest absolute Gasteiger partial charge is 0.481 e. The molecule has 1 amide bonds. The molecule has 0 aliphatic heterocycles. The van der Waals surface area contributed by atoms with E-state index in [-0.39, 0.29) is 19.3 Å². The summed E-state index contributed by atoms with van der Waals surface area (Å²) in [6.07, 6.45) is -0.215. The lowest BCUT2D eigenvalue weighted by Gasteiger charge is -2.14. The third kappa shape index (κ3) is 8.21. The second-order valence-electron chi connectivity index (χ2n) is 3.94. The van der Waals surface area contributed by atoms with E-state index in [1.54, 1.807) is 19.0 Å². The van der Waals surface area contributed by atoms with E-state index in [4.69, 9.17) is 10.2 Å². The highest BCUT2D eigenvalue weighted by atomic mass is 16.4. The van der Waals surface area contributed by atoms with Crippen LogP contribution in [0.25, 0.3) is 0 Å². The lowest BCUT2D eigenvalue weighted by Crippen LogP contribution is -2.41. The van der Waals surface area contributed by atoms with Crippen molar-refractivity contribution in [2.24, 2.45) is 0 Å². The van der Waals surface area contributed by atoms with Crippen LogP contribution in [0.3, 0.4) is 0 Å². The minimum Gasteiger partial charge on any atom is -0.481 e. The van der Waals surface area contributed by atoms with Crippen molar-refractivity contribution in [2.45, 2.75) is 25.3 Å². The third-order valence-electron chi connectivity index (χ3n) is 2.07. The van der Waals surface area contributed by atoms with E-state index in [1.807, 2.05) is 0 Å². The van der Waals surface area contributed by atoms with E-state index in [9.17, 15) is 14.4 Å². The molecule has 0 aliphatic rings.